The van der Waals surface area contributed by atoms with E-state index in [0.717, 1.165) is 33.9 Å². The topological polar surface area (TPSA) is 12.5 Å². The Bertz CT molecular complexity index is 3510. The Morgan fingerprint density at radius 1 is 0.377 bits per heavy atom. The van der Waals surface area contributed by atoms with Crippen molar-refractivity contribution in [3.8, 4) is 39.1 Å². The molecule has 0 amide bonds. The van der Waals surface area contributed by atoms with Crippen molar-refractivity contribution in [3.05, 3.63) is 275 Å². The van der Waals surface area contributed by atoms with Crippen LogP contribution >= 0.6 is 0 Å². The molecule has 4 unspecified atom stereocenters. The predicted molar refractivity (Wildman–Crippen MR) is 284 cm³/mol. The van der Waals surface area contributed by atoms with Crippen LogP contribution in [0.5, 0.6) is 5.75 Å². The molecular weight excluding hydrogens is 835 g/mol. The fourth-order valence-electron chi connectivity index (χ4n) is 13.7. The van der Waals surface area contributed by atoms with Crippen LogP contribution in [-0.4, -0.2) is 6.10 Å². The highest BCUT2D eigenvalue weighted by Gasteiger charge is 2.58. The molecule has 0 radical (unpaired) electrons. The van der Waals surface area contributed by atoms with Gasteiger partial charge in [-0.15, -0.1) is 0 Å². The second-order valence-corrected chi connectivity index (χ2v) is 21.1. The van der Waals surface area contributed by atoms with Crippen LogP contribution in [0.15, 0.2) is 225 Å². The maximum absolute atomic E-state index is 6.62. The molecule has 0 bridgehead atoms. The molecule has 4 atom stereocenters. The molecular formula is C67H53NO. The summed E-state index contributed by atoms with van der Waals surface area (Å²) in [6, 6.07) is 66.9. The van der Waals surface area contributed by atoms with Crippen LogP contribution in [0.3, 0.4) is 0 Å². The molecule has 2 heteroatoms. The molecule has 2 nitrogen and oxygen atoms in total. The van der Waals surface area contributed by atoms with Crippen molar-refractivity contribution in [2.24, 2.45) is 5.92 Å². The van der Waals surface area contributed by atoms with Crippen LogP contribution in [0, 0.1) is 5.92 Å². The largest absolute Gasteiger partial charge is 0.484 e. The zero-order valence-electron chi connectivity index (χ0n) is 39.5. The lowest BCUT2D eigenvalue weighted by molar-refractivity contribution is 0.270. The lowest BCUT2D eigenvalue weighted by Crippen LogP contribution is -2.44. The van der Waals surface area contributed by atoms with Gasteiger partial charge in [-0.3, -0.25) is 0 Å². The summed E-state index contributed by atoms with van der Waals surface area (Å²) in [6.07, 6.45) is 18.2. The number of ether oxygens (including phenoxy) is 1. The minimum absolute atomic E-state index is 0.0450. The Morgan fingerprint density at radius 2 is 0.928 bits per heavy atom. The molecule has 6 aliphatic rings. The van der Waals surface area contributed by atoms with Crippen molar-refractivity contribution in [3.63, 3.8) is 0 Å². The third kappa shape index (κ3) is 5.61. The van der Waals surface area contributed by atoms with Crippen molar-refractivity contribution in [1.82, 2.24) is 0 Å². The van der Waals surface area contributed by atoms with Crippen molar-refractivity contribution < 1.29 is 4.74 Å². The number of rotatable bonds is 5. The number of fused-ring (bicyclic) bond motifs is 15. The van der Waals surface area contributed by atoms with Crippen molar-refractivity contribution >= 4 is 17.1 Å². The highest BCUT2D eigenvalue weighted by atomic mass is 16.5. The van der Waals surface area contributed by atoms with E-state index in [2.05, 4.69) is 257 Å². The molecule has 0 saturated carbocycles. The highest BCUT2D eigenvalue weighted by Crippen LogP contribution is 2.65. The molecule has 0 N–H and O–H groups in total. The minimum atomic E-state index is -0.317. The summed E-state index contributed by atoms with van der Waals surface area (Å²) in [5.41, 5.74) is 22.8. The molecule has 5 aliphatic carbocycles. The smallest absolute Gasteiger partial charge is 0.132 e. The van der Waals surface area contributed by atoms with E-state index >= 15 is 0 Å². The first-order valence-corrected chi connectivity index (χ1v) is 24.8. The second kappa shape index (κ2) is 14.7. The Labute approximate surface area is 406 Å². The van der Waals surface area contributed by atoms with Crippen LogP contribution in [-0.2, 0) is 16.2 Å². The van der Waals surface area contributed by atoms with E-state index < -0.39 is 0 Å². The van der Waals surface area contributed by atoms with Gasteiger partial charge < -0.3 is 9.64 Å². The zero-order valence-corrected chi connectivity index (χ0v) is 39.5. The monoisotopic (exact) mass is 887 g/mol. The standard InChI is InChI=1S/C67H53NO/c1-65(2)55-21-8-5-16-49(55)51-39-37-47(41-61(51)65)68(46-35-30-43(31-36-46)48-19-15-20-54-53-18-7-14-27-63(53)69-64(48)54)45-33-28-42(29-34-45)44-32-38-52-50-17-6-9-22-56(50)67(62(52)40-44)59-25-12-10-23-57(59)66(3,4)58-24-11-13-26-60(58)67/h5-41,50,53,56,63H,1-4H3. The van der Waals surface area contributed by atoms with E-state index in [9.17, 15) is 0 Å². The van der Waals surface area contributed by atoms with Crippen LogP contribution in [0.2, 0.25) is 0 Å². The van der Waals surface area contributed by atoms with E-state index in [1.165, 1.54) is 72.3 Å². The summed E-state index contributed by atoms with van der Waals surface area (Å²) in [5.74, 6) is 1.81. The number of hydrogen-bond donors (Lipinski definition) is 0. The molecule has 0 fully saturated rings. The van der Waals surface area contributed by atoms with E-state index in [1.54, 1.807) is 0 Å². The number of benzene rings is 8. The van der Waals surface area contributed by atoms with Gasteiger partial charge in [0, 0.05) is 56.8 Å². The molecule has 1 aliphatic heterocycles. The lowest BCUT2D eigenvalue weighted by Gasteiger charge is -2.49. The summed E-state index contributed by atoms with van der Waals surface area (Å²) < 4.78 is 6.62. The predicted octanol–water partition coefficient (Wildman–Crippen LogP) is 16.6. The van der Waals surface area contributed by atoms with Crippen LogP contribution in [0.4, 0.5) is 17.1 Å². The van der Waals surface area contributed by atoms with Gasteiger partial charge in [-0.05, 0) is 121 Å². The molecule has 14 rings (SSSR count). The third-order valence-corrected chi connectivity index (χ3v) is 17.0. The summed E-state index contributed by atoms with van der Waals surface area (Å²) in [4.78, 5) is 2.43. The first-order valence-electron chi connectivity index (χ1n) is 24.8. The van der Waals surface area contributed by atoms with Gasteiger partial charge in [0.05, 0.1) is 5.41 Å². The van der Waals surface area contributed by atoms with Crippen LogP contribution in [0.25, 0.3) is 33.4 Å². The molecule has 332 valence electrons. The molecule has 8 aromatic carbocycles. The van der Waals surface area contributed by atoms with Crippen molar-refractivity contribution in [2.45, 2.75) is 61.9 Å². The van der Waals surface area contributed by atoms with E-state index in [-0.39, 0.29) is 34.2 Å². The van der Waals surface area contributed by atoms with Crippen LogP contribution in [0.1, 0.15) is 89.6 Å². The molecule has 0 aromatic heterocycles. The fourth-order valence-corrected chi connectivity index (χ4v) is 13.7. The van der Waals surface area contributed by atoms with Crippen molar-refractivity contribution in [2.75, 3.05) is 4.90 Å². The summed E-state index contributed by atoms with van der Waals surface area (Å²) in [7, 11) is 0. The van der Waals surface area contributed by atoms with Gasteiger partial charge in [0.15, 0.2) is 0 Å². The molecule has 8 aromatic rings. The summed E-state index contributed by atoms with van der Waals surface area (Å²) in [6.45, 7) is 9.55. The first-order chi connectivity index (χ1) is 33.7. The van der Waals surface area contributed by atoms with Crippen LogP contribution < -0.4 is 9.64 Å². The number of allylic oxidation sites excluding steroid dienone is 6. The number of nitrogens with zero attached hydrogens (tertiary/aromatic N) is 1. The molecule has 0 saturated heterocycles. The Morgan fingerprint density at radius 3 is 1.65 bits per heavy atom. The lowest BCUT2D eigenvalue weighted by atomic mass is 9.53. The van der Waals surface area contributed by atoms with Gasteiger partial charge in [0.25, 0.3) is 0 Å². The molecule has 69 heavy (non-hydrogen) atoms. The van der Waals surface area contributed by atoms with Gasteiger partial charge in [0.2, 0.25) is 0 Å². The number of para-hydroxylation sites is 1. The normalized spacial score (nSPS) is 21.3. The molecule has 1 spiro atoms. The van der Waals surface area contributed by atoms with E-state index in [1.807, 2.05) is 0 Å². The van der Waals surface area contributed by atoms with Gasteiger partial charge in [-0.25, -0.2) is 0 Å². The third-order valence-electron chi connectivity index (χ3n) is 17.0. The van der Waals surface area contributed by atoms with E-state index in [4.69, 9.17) is 4.74 Å². The Balaban J connectivity index is 0.886. The van der Waals surface area contributed by atoms with Gasteiger partial charge in [0.1, 0.15) is 11.9 Å². The van der Waals surface area contributed by atoms with Gasteiger partial charge in [-0.1, -0.05) is 204 Å². The zero-order chi connectivity index (χ0) is 46.2. The average Bonchev–Trinajstić information content (AvgIpc) is 4.00. The number of hydrogen-bond acceptors (Lipinski definition) is 2. The number of anilines is 3. The second-order valence-electron chi connectivity index (χ2n) is 21.1. The highest BCUT2D eigenvalue weighted by molar-refractivity contribution is 5.87. The maximum Gasteiger partial charge on any atom is 0.132 e. The fraction of sp³-hybridized carbons (Fsp3) is 0.164. The van der Waals surface area contributed by atoms with Gasteiger partial charge in [-0.2, -0.15) is 0 Å². The van der Waals surface area contributed by atoms with E-state index in [0.29, 0.717) is 5.92 Å². The van der Waals surface area contributed by atoms with Crippen molar-refractivity contribution in [1.29, 1.82) is 0 Å². The quantitative estimate of drug-likeness (QED) is 0.171. The molecule has 1 heterocycles. The van der Waals surface area contributed by atoms with Gasteiger partial charge >= 0.3 is 0 Å². The maximum atomic E-state index is 6.62. The Kier molecular flexibility index (Phi) is 8.58. The summed E-state index contributed by atoms with van der Waals surface area (Å²) >= 11 is 0. The SMILES string of the molecule is CC1(C)c2ccccc2-c2ccc(N(c3ccc(-c4ccc5c(c4)C4(c6ccccc6C(C)(C)c6ccccc64)C4C=CC=CC54)cc3)c3ccc(-c4cccc5c4OC4C=CC=CC54)cc3)cc21. The average molecular weight is 888 g/mol. The summed E-state index contributed by atoms with van der Waals surface area (Å²) in [5, 5.41) is 0. The minimum Gasteiger partial charge on any atom is -0.484 e. The first kappa shape index (κ1) is 40.4. The Hall–Kier alpha value is -7.68.